The molecule has 1 saturated heterocycles. The number of hydrogen-bond donors (Lipinski definition) is 1. The molecule has 22 heavy (non-hydrogen) atoms. The number of piperidine rings is 1. The van der Waals surface area contributed by atoms with E-state index in [1.807, 2.05) is 0 Å². The minimum atomic E-state index is -0.336. The number of ether oxygens (including phenoxy) is 1. The van der Waals surface area contributed by atoms with E-state index >= 15 is 0 Å². The fourth-order valence-corrected chi connectivity index (χ4v) is 2.54. The summed E-state index contributed by atoms with van der Waals surface area (Å²) in [7, 11) is 0. The first-order chi connectivity index (χ1) is 10.6. The van der Waals surface area contributed by atoms with Gasteiger partial charge >= 0.3 is 0 Å². The molecule has 1 atom stereocenters. The number of amides is 2. The van der Waals surface area contributed by atoms with Crippen LogP contribution in [0.15, 0.2) is 24.3 Å². The van der Waals surface area contributed by atoms with Crippen molar-refractivity contribution in [3.8, 4) is 5.75 Å². The minimum absolute atomic E-state index is 0.0219. The first-order valence-electron chi connectivity index (χ1n) is 7.51. The van der Waals surface area contributed by atoms with Crippen molar-refractivity contribution < 1.29 is 18.7 Å². The lowest BCUT2D eigenvalue weighted by molar-refractivity contribution is -0.135. The highest BCUT2D eigenvalue weighted by Gasteiger charge is 2.26. The van der Waals surface area contributed by atoms with Crippen molar-refractivity contribution in [2.24, 2.45) is 11.7 Å². The molecule has 1 unspecified atom stereocenters. The van der Waals surface area contributed by atoms with Gasteiger partial charge in [0.25, 0.3) is 0 Å². The molecule has 6 heteroatoms. The third-order valence-corrected chi connectivity index (χ3v) is 3.79. The van der Waals surface area contributed by atoms with Gasteiger partial charge in [0.05, 0.1) is 12.5 Å². The molecular formula is C16H21FN2O3. The molecule has 0 saturated carbocycles. The smallest absolute Gasteiger partial charge is 0.222 e. The van der Waals surface area contributed by atoms with Crippen LogP contribution in [0, 0.1) is 11.7 Å². The van der Waals surface area contributed by atoms with Gasteiger partial charge in [-0.25, -0.2) is 4.39 Å². The second-order valence-electron chi connectivity index (χ2n) is 5.49. The van der Waals surface area contributed by atoms with Gasteiger partial charge in [0.1, 0.15) is 11.6 Å². The molecule has 1 heterocycles. The van der Waals surface area contributed by atoms with Crippen molar-refractivity contribution in [3.05, 3.63) is 30.1 Å². The number of carbonyl (C=O) groups excluding carboxylic acids is 2. The van der Waals surface area contributed by atoms with Crippen molar-refractivity contribution in [2.45, 2.75) is 25.7 Å². The minimum Gasteiger partial charge on any atom is -0.494 e. The lowest BCUT2D eigenvalue weighted by atomic mass is 9.97. The molecule has 2 amide bonds. The van der Waals surface area contributed by atoms with Crippen molar-refractivity contribution in [3.63, 3.8) is 0 Å². The Morgan fingerprint density at radius 3 is 2.73 bits per heavy atom. The van der Waals surface area contributed by atoms with Crippen LogP contribution >= 0.6 is 0 Å². The van der Waals surface area contributed by atoms with E-state index in [9.17, 15) is 14.0 Å². The molecular weight excluding hydrogens is 287 g/mol. The van der Waals surface area contributed by atoms with Gasteiger partial charge < -0.3 is 15.4 Å². The van der Waals surface area contributed by atoms with E-state index in [0.717, 1.165) is 12.8 Å². The van der Waals surface area contributed by atoms with Crippen LogP contribution in [-0.4, -0.2) is 36.4 Å². The Labute approximate surface area is 129 Å². The zero-order valence-corrected chi connectivity index (χ0v) is 12.5. The maximum atomic E-state index is 12.7. The first kappa shape index (κ1) is 16.3. The number of halogens is 1. The summed E-state index contributed by atoms with van der Waals surface area (Å²) in [6.07, 6.45) is 2.51. The van der Waals surface area contributed by atoms with E-state index in [2.05, 4.69) is 0 Å². The van der Waals surface area contributed by atoms with Crippen LogP contribution in [0.2, 0.25) is 0 Å². The Morgan fingerprint density at radius 1 is 1.32 bits per heavy atom. The fourth-order valence-electron chi connectivity index (χ4n) is 2.54. The molecule has 2 N–H and O–H groups in total. The van der Waals surface area contributed by atoms with Gasteiger partial charge in [0, 0.05) is 19.5 Å². The van der Waals surface area contributed by atoms with E-state index in [1.165, 1.54) is 12.1 Å². The first-order valence-corrected chi connectivity index (χ1v) is 7.51. The lowest BCUT2D eigenvalue weighted by Crippen LogP contribution is -2.44. The molecule has 1 aromatic rings. The van der Waals surface area contributed by atoms with Crippen molar-refractivity contribution in [2.75, 3.05) is 19.7 Å². The third kappa shape index (κ3) is 4.72. The lowest BCUT2D eigenvalue weighted by Gasteiger charge is -2.31. The van der Waals surface area contributed by atoms with Crippen molar-refractivity contribution in [1.82, 2.24) is 4.90 Å². The van der Waals surface area contributed by atoms with Crippen LogP contribution in [0.5, 0.6) is 5.75 Å². The fraction of sp³-hybridized carbons (Fsp3) is 0.500. The normalized spacial score (nSPS) is 18.0. The number of likely N-dealkylation sites (tertiary alicyclic amines) is 1. The Balaban J connectivity index is 1.69. The van der Waals surface area contributed by atoms with Crippen LogP contribution in [-0.2, 0) is 9.59 Å². The molecule has 0 aromatic heterocycles. The zero-order valence-electron chi connectivity index (χ0n) is 12.5. The molecule has 5 nitrogen and oxygen atoms in total. The summed E-state index contributed by atoms with van der Waals surface area (Å²) in [6.45, 7) is 1.50. The van der Waals surface area contributed by atoms with Gasteiger partial charge in [0.15, 0.2) is 0 Å². The molecule has 1 aromatic carbocycles. The maximum Gasteiger partial charge on any atom is 0.222 e. The zero-order chi connectivity index (χ0) is 15.9. The highest BCUT2D eigenvalue weighted by atomic mass is 19.1. The summed E-state index contributed by atoms with van der Waals surface area (Å²) in [4.78, 5) is 25.0. The number of hydrogen-bond acceptors (Lipinski definition) is 3. The molecule has 0 bridgehead atoms. The average Bonchev–Trinajstić information content (AvgIpc) is 2.53. The molecule has 120 valence electrons. The molecule has 1 aliphatic rings. The topological polar surface area (TPSA) is 72.6 Å². The van der Waals surface area contributed by atoms with Gasteiger partial charge in [-0.05, 0) is 43.5 Å². The second kappa shape index (κ2) is 7.77. The van der Waals surface area contributed by atoms with Gasteiger partial charge in [-0.1, -0.05) is 0 Å². The van der Waals surface area contributed by atoms with Crippen molar-refractivity contribution >= 4 is 11.8 Å². The van der Waals surface area contributed by atoms with Crippen LogP contribution in [0.3, 0.4) is 0 Å². The van der Waals surface area contributed by atoms with Crippen LogP contribution in [0.25, 0.3) is 0 Å². The maximum absolute atomic E-state index is 12.7. The summed E-state index contributed by atoms with van der Waals surface area (Å²) >= 11 is 0. The summed E-state index contributed by atoms with van der Waals surface area (Å²) in [5.74, 6) is -0.267. The van der Waals surface area contributed by atoms with E-state index in [0.29, 0.717) is 38.3 Å². The SMILES string of the molecule is NC(=O)C1CCCN(C(=O)CCCOc2ccc(F)cc2)C1. The van der Waals surface area contributed by atoms with Crippen molar-refractivity contribution in [1.29, 1.82) is 0 Å². The monoisotopic (exact) mass is 308 g/mol. The van der Waals surface area contributed by atoms with E-state index < -0.39 is 0 Å². The molecule has 0 aliphatic carbocycles. The number of carbonyl (C=O) groups is 2. The molecule has 2 rings (SSSR count). The van der Waals surface area contributed by atoms with Gasteiger partial charge in [0.2, 0.25) is 11.8 Å². The van der Waals surface area contributed by atoms with E-state index in [4.69, 9.17) is 10.5 Å². The number of primary amides is 1. The van der Waals surface area contributed by atoms with Crippen LogP contribution in [0.4, 0.5) is 4.39 Å². The number of rotatable bonds is 6. The molecule has 0 spiro atoms. The Morgan fingerprint density at radius 2 is 2.05 bits per heavy atom. The second-order valence-corrected chi connectivity index (χ2v) is 5.49. The summed E-state index contributed by atoms with van der Waals surface area (Å²) in [5.41, 5.74) is 5.30. The quantitative estimate of drug-likeness (QED) is 0.813. The predicted molar refractivity (Wildman–Crippen MR) is 79.6 cm³/mol. The van der Waals surface area contributed by atoms with Crippen LogP contribution in [0.1, 0.15) is 25.7 Å². The summed E-state index contributed by atoms with van der Waals surface area (Å²) in [6, 6.07) is 5.77. The molecule has 1 fully saturated rings. The van der Waals surface area contributed by atoms with E-state index in [1.54, 1.807) is 17.0 Å². The van der Waals surface area contributed by atoms with Gasteiger partial charge in [-0.3, -0.25) is 9.59 Å². The number of nitrogens with zero attached hydrogens (tertiary/aromatic N) is 1. The third-order valence-electron chi connectivity index (χ3n) is 3.79. The Hall–Kier alpha value is -2.11. The average molecular weight is 308 g/mol. The predicted octanol–water partition coefficient (Wildman–Crippen LogP) is 1.71. The molecule has 1 aliphatic heterocycles. The van der Waals surface area contributed by atoms with Crippen LogP contribution < -0.4 is 10.5 Å². The largest absolute Gasteiger partial charge is 0.494 e. The summed E-state index contributed by atoms with van der Waals surface area (Å²) < 4.78 is 18.2. The highest BCUT2D eigenvalue weighted by Crippen LogP contribution is 2.17. The standard InChI is InChI=1S/C16H21FN2O3/c17-13-5-7-14(8-6-13)22-10-2-4-15(20)19-9-1-3-12(11-19)16(18)21/h5-8,12H,1-4,9-11H2,(H2,18,21). The molecule has 0 radical (unpaired) electrons. The van der Waals surface area contributed by atoms with E-state index in [-0.39, 0.29) is 23.5 Å². The Kier molecular flexibility index (Phi) is 5.75. The Bertz CT molecular complexity index is 519. The van der Waals surface area contributed by atoms with Gasteiger partial charge in [-0.2, -0.15) is 0 Å². The highest BCUT2D eigenvalue weighted by molar-refractivity contribution is 5.80. The number of benzene rings is 1. The van der Waals surface area contributed by atoms with Gasteiger partial charge in [-0.15, -0.1) is 0 Å². The number of nitrogens with two attached hydrogens (primary N) is 1. The summed E-state index contributed by atoms with van der Waals surface area (Å²) in [5, 5.41) is 0.